The van der Waals surface area contributed by atoms with E-state index in [-0.39, 0.29) is 10.8 Å². The zero-order chi connectivity index (χ0) is 29.4. The Bertz CT molecular complexity index is 1840. The van der Waals surface area contributed by atoms with Gasteiger partial charge in [-0.05, 0) is 92.8 Å². The van der Waals surface area contributed by atoms with Crippen LogP contribution in [0.2, 0.25) is 0 Å². The first-order chi connectivity index (χ1) is 19.2. The van der Waals surface area contributed by atoms with Crippen LogP contribution >= 0.6 is 11.8 Å². The Hall–Kier alpha value is -2.84. The summed E-state index contributed by atoms with van der Waals surface area (Å²) in [6.07, 6.45) is 5.54. The van der Waals surface area contributed by atoms with E-state index in [4.69, 9.17) is 0 Å². The van der Waals surface area contributed by atoms with Crippen LogP contribution in [0.15, 0.2) is 64.5 Å². The molecule has 0 atom stereocenters. The molecular formula is C39H46NS+. The lowest BCUT2D eigenvalue weighted by atomic mass is 9.81. The van der Waals surface area contributed by atoms with Crippen LogP contribution in [-0.2, 0) is 26.3 Å². The second-order valence-electron chi connectivity index (χ2n) is 15.4. The predicted molar refractivity (Wildman–Crippen MR) is 179 cm³/mol. The monoisotopic (exact) mass is 560 g/mol. The van der Waals surface area contributed by atoms with E-state index >= 15 is 0 Å². The molecule has 6 rings (SSSR count). The van der Waals surface area contributed by atoms with Gasteiger partial charge < -0.3 is 0 Å². The zero-order valence-corrected chi connectivity index (χ0v) is 27.6. The van der Waals surface area contributed by atoms with Gasteiger partial charge >= 0.3 is 0 Å². The molecule has 4 aromatic carbocycles. The highest BCUT2D eigenvalue weighted by molar-refractivity contribution is 8.00. The van der Waals surface area contributed by atoms with Gasteiger partial charge in [-0.1, -0.05) is 104 Å². The van der Waals surface area contributed by atoms with Gasteiger partial charge in [0.05, 0.1) is 10.9 Å². The highest BCUT2D eigenvalue weighted by atomic mass is 32.2. The maximum absolute atomic E-state index is 2.50. The summed E-state index contributed by atoms with van der Waals surface area (Å²) in [5.41, 5.74) is 9.05. The van der Waals surface area contributed by atoms with E-state index in [0.29, 0.717) is 5.92 Å². The van der Waals surface area contributed by atoms with Crippen LogP contribution in [0.5, 0.6) is 0 Å². The zero-order valence-electron chi connectivity index (χ0n) is 26.8. The third-order valence-corrected chi connectivity index (χ3v) is 9.68. The Morgan fingerprint density at radius 2 is 1.44 bits per heavy atom. The fraction of sp³-hybridized carbons (Fsp3) is 0.410. The molecule has 0 unspecified atom stereocenters. The molecule has 0 bridgehead atoms. The highest BCUT2D eigenvalue weighted by Gasteiger charge is 2.33. The van der Waals surface area contributed by atoms with Crippen molar-refractivity contribution >= 4 is 44.1 Å². The van der Waals surface area contributed by atoms with Crippen LogP contribution in [-0.4, -0.2) is 0 Å². The van der Waals surface area contributed by atoms with Gasteiger partial charge in [0.15, 0.2) is 6.20 Å². The fourth-order valence-corrected chi connectivity index (χ4v) is 8.33. The SMILES string of the molecule is Cc1c2c(c(CC(C)(C)C)c3ccc(CC(C)(C)C)cc13)Sc1cc3ccc(CC(C)C)cc3c3cc[n+](C)c-2c13. The Morgan fingerprint density at radius 1 is 0.756 bits per heavy atom. The molecule has 0 fully saturated rings. The second-order valence-corrected chi connectivity index (χ2v) is 16.4. The predicted octanol–water partition coefficient (Wildman–Crippen LogP) is 10.8. The minimum atomic E-state index is 0.186. The van der Waals surface area contributed by atoms with Crippen molar-refractivity contribution in [1.82, 2.24) is 0 Å². The maximum Gasteiger partial charge on any atom is 0.222 e. The lowest BCUT2D eigenvalue weighted by Crippen LogP contribution is -2.32. The smallest absolute Gasteiger partial charge is 0.200 e. The van der Waals surface area contributed by atoms with Gasteiger partial charge in [0.25, 0.3) is 0 Å². The molecule has 0 amide bonds. The van der Waals surface area contributed by atoms with Gasteiger partial charge in [-0.2, -0.15) is 0 Å². The van der Waals surface area contributed by atoms with Crippen LogP contribution < -0.4 is 4.57 Å². The number of aryl methyl sites for hydroxylation is 2. The molecule has 1 nitrogen and oxygen atoms in total. The number of nitrogens with zero attached hydrogens (tertiary/aromatic N) is 1. The molecule has 212 valence electrons. The van der Waals surface area contributed by atoms with Crippen molar-refractivity contribution < 1.29 is 4.57 Å². The first kappa shape index (κ1) is 28.3. The number of hydrogen-bond acceptors (Lipinski definition) is 1. The summed E-state index contributed by atoms with van der Waals surface area (Å²) in [4.78, 5) is 2.85. The molecule has 0 radical (unpaired) electrons. The van der Waals surface area contributed by atoms with E-state index in [1.165, 1.54) is 75.6 Å². The first-order valence-electron chi connectivity index (χ1n) is 15.3. The first-order valence-corrected chi connectivity index (χ1v) is 16.2. The topological polar surface area (TPSA) is 3.88 Å². The summed E-state index contributed by atoms with van der Waals surface area (Å²) in [7, 11) is 2.24. The van der Waals surface area contributed by atoms with Crippen molar-refractivity contribution in [3.05, 3.63) is 77.0 Å². The number of aromatic nitrogens is 1. The molecule has 0 saturated carbocycles. The number of rotatable bonds is 4. The molecule has 1 aliphatic heterocycles. The van der Waals surface area contributed by atoms with Crippen molar-refractivity contribution in [2.45, 2.75) is 91.4 Å². The van der Waals surface area contributed by atoms with E-state index in [2.05, 4.69) is 129 Å². The molecule has 0 spiro atoms. The highest BCUT2D eigenvalue weighted by Crippen LogP contribution is 2.53. The molecular weight excluding hydrogens is 515 g/mol. The molecule has 0 aliphatic carbocycles. The second kappa shape index (κ2) is 9.87. The molecule has 1 aromatic heterocycles. The van der Waals surface area contributed by atoms with Gasteiger partial charge in [0, 0.05) is 21.2 Å². The van der Waals surface area contributed by atoms with Crippen molar-refractivity contribution in [2.24, 2.45) is 23.8 Å². The third kappa shape index (κ3) is 5.18. The fourth-order valence-electron chi connectivity index (χ4n) is 6.96. The van der Waals surface area contributed by atoms with Gasteiger partial charge in [-0.15, -0.1) is 0 Å². The molecule has 1 aliphatic rings. The van der Waals surface area contributed by atoms with Crippen LogP contribution in [0.3, 0.4) is 0 Å². The third-order valence-electron chi connectivity index (χ3n) is 8.49. The summed E-state index contributed by atoms with van der Waals surface area (Å²) in [5, 5.41) is 8.38. The number of benzene rings is 4. The molecule has 5 aromatic rings. The van der Waals surface area contributed by atoms with Crippen molar-refractivity contribution in [2.75, 3.05) is 0 Å². The molecule has 2 heteroatoms. The van der Waals surface area contributed by atoms with Crippen molar-refractivity contribution in [1.29, 1.82) is 0 Å². The Morgan fingerprint density at radius 3 is 2.12 bits per heavy atom. The summed E-state index contributed by atoms with van der Waals surface area (Å²) < 4.78 is 2.38. The summed E-state index contributed by atoms with van der Waals surface area (Å²) in [6, 6.07) is 19.3. The summed E-state index contributed by atoms with van der Waals surface area (Å²) in [5.74, 6) is 0.646. The molecule has 41 heavy (non-hydrogen) atoms. The van der Waals surface area contributed by atoms with Crippen LogP contribution in [0.25, 0.3) is 43.6 Å². The Kier molecular flexibility index (Phi) is 6.81. The summed E-state index contributed by atoms with van der Waals surface area (Å²) >= 11 is 2.01. The molecule has 0 N–H and O–H groups in total. The van der Waals surface area contributed by atoms with Crippen LogP contribution in [0.1, 0.15) is 77.6 Å². The van der Waals surface area contributed by atoms with Gasteiger partial charge in [-0.3, -0.25) is 0 Å². The summed E-state index contributed by atoms with van der Waals surface area (Å²) in [6.45, 7) is 21.1. The van der Waals surface area contributed by atoms with E-state index in [1.54, 1.807) is 0 Å². The number of pyridine rings is 1. The largest absolute Gasteiger partial charge is 0.222 e. The van der Waals surface area contributed by atoms with Crippen molar-refractivity contribution in [3.8, 4) is 11.3 Å². The Labute approximate surface area is 251 Å². The van der Waals surface area contributed by atoms with Gasteiger partial charge in [0.1, 0.15) is 7.05 Å². The molecule has 2 heterocycles. The average molecular weight is 561 g/mol. The standard InChI is InChI=1S/C39H46NS/c1-23(2)17-25-11-13-27-20-33-35-29(31(27)18-25)15-16-40(10)36(35)34-24(3)30-19-26(21-38(4,5)6)12-14-28(30)32(37(34)41-33)22-39(7,8)9/h11-16,18-20,23H,17,21-22H2,1-10H3/q+1. The molecule has 0 saturated heterocycles. The van der Waals surface area contributed by atoms with E-state index < -0.39 is 0 Å². The van der Waals surface area contributed by atoms with E-state index in [9.17, 15) is 0 Å². The minimum Gasteiger partial charge on any atom is -0.200 e. The van der Waals surface area contributed by atoms with Crippen LogP contribution in [0, 0.1) is 23.7 Å². The van der Waals surface area contributed by atoms with Gasteiger partial charge in [0.2, 0.25) is 5.69 Å². The lowest BCUT2D eigenvalue weighted by molar-refractivity contribution is -0.659. The normalized spacial score (nSPS) is 13.5. The van der Waals surface area contributed by atoms with Gasteiger partial charge in [-0.25, -0.2) is 4.57 Å². The quantitative estimate of drug-likeness (QED) is 0.153. The van der Waals surface area contributed by atoms with E-state index in [0.717, 1.165) is 19.3 Å². The van der Waals surface area contributed by atoms with Crippen LogP contribution in [0.4, 0.5) is 0 Å². The average Bonchev–Trinajstić information content (AvgIpc) is 2.86. The van der Waals surface area contributed by atoms with E-state index in [1.807, 2.05) is 11.8 Å². The minimum absolute atomic E-state index is 0.186. The number of fused-ring (bicyclic) bond motifs is 5. The maximum atomic E-state index is 2.50. The Balaban J connectivity index is 1.71. The number of hydrogen-bond donors (Lipinski definition) is 0. The van der Waals surface area contributed by atoms with Crippen molar-refractivity contribution in [3.63, 3.8) is 0 Å². The lowest BCUT2D eigenvalue weighted by Gasteiger charge is -2.28.